The maximum Gasteiger partial charge on any atom is 0.412 e. The molecule has 0 aliphatic carbocycles. The summed E-state index contributed by atoms with van der Waals surface area (Å²) in [5, 5.41) is 9.56. The van der Waals surface area contributed by atoms with Crippen LogP contribution in [0.4, 0.5) is 10.5 Å². The molecule has 6 nitrogen and oxygen atoms in total. The van der Waals surface area contributed by atoms with Gasteiger partial charge in [0.1, 0.15) is 9.81 Å². The molecule has 0 radical (unpaired) electrons. The molecule has 0 saturated heterocycles. The Morgan fingerprint density at radius 2 is 2.00 bits per heavy atom. The summed E-state index contributed by atoms with van der Waals surface area (Å²) in [6.07, 6.45) is -0.508. The first-order valence-corrected chi connectivity index (χ1v) is 8.86. The highest BCUT2D eigenvalue weighted by Crippen LogP contribution is 2.40. The summed E-state index contributed by atoms with van der Waals surface area (Å²) in [7, 11) is -3.78. The molecule has 1 aromatic heterocycles. The van der Waals surface area contributed by atoms with E-state index in [1.807, 2.05) is 6.07 Å². The lowest BCUT2D eigenvalue weighted by atomic mass is 9.92. The Labute approximate surface area is 132 Å². The minimum absolute atomic E-state index is 0.117. The number of nitrogens with two attached hydrogens (primary N) is 1. The van der Waals surface area contributed by atoms with Crippen LogP contribution in [-0.2, 0) is 20.4 Å². The molecule has 1 aliphatic rings. The maximum atomic E-state index is 11.7. The first-order valence-electron chi connectivity index (χ1n) is 6.44. The lowest BCUT2D eigenvalue weighted by Gasteiger charge is -2.32. The van der Waals surface area contributed by atoms with E-state index in [1.165, 1.54) is 0 Å². The number of anilines is 1. The highest BCUT2D eigenvalue weighted by atomic mass is 32.2. The molecule has 0 fully saturated rings. The average molecular weight is 338 g/mol. The zero-order chi connectivity index (χ0) is 16.1. The van der Waals surface area contributed by atoms with Gasteiger partial charge in [0.25, 0.3) is 0 Å². The van der Waals surface area contributed by atoms with E-state index in [-0.39, 0.29) is 4.21 Å². The fourth-order valence-electron chi connectivity index (χ4n) is 2.47. The van der Waals surface area contributed by atoms with Crippen molar-refractivity contribution < 1.29 is 17.9 Å². The molecule has 1 amide bonds. The minimum Gasteiger partial charge on any atom is -0.438 e. The summed E-state index contributed by atoms with van der Waals surface area (Å²) in [6, 6.07) is 7.00. The normalized spacial score (nSPS) is 16.6. The summed E-state index contributed by atoms with van der Waals surface area (Å²) in [6.45, 7) is 3.56. The molecule has 2 aromatic rings. The molecule has 0 unspecified atom stereocenters. The van der Waals surface area contributed by atoms with Crippen LogP contribution in [0.5, 0.6) is 0 Å². The second-order valence-corrected chi connectivity index (χ2v) is 8.12. The Hall–Kier alpha value is -1.90. The molecule has 2 heterocycles. The summed E-state index contributed by atoms with van der Waals surface area (Å²) >= 11 is 1.08. The SMILES string of the molecule is CC1(C)OC(=O)Nc2ccc(-c3ccsc3S(N)(=O)=O)cc21. The van der Waals surface area contributed by atoms with E-state index < -0.39 is 21.7 Å². The van der Waals surface area contributed by atoms with Gasteiger partial charge in [0.15, 0.2) is 0 Å². The first kappa shape index (κ1) is 15.0. The van der Waals surface area contributed by atoms with Gasteiger partial charge in [-0.2, -0.15) is 0 Å². The van der Waals surface area contributed by atoms with Gasteiger partial charge in [-0.3, -0.25) is 5.32 Å². The predicted molar refractivity (Wildman–Crippen MR) is 84.3 cm³/mol. The Kier molecular flexibility index (Phi) is 3.28. The third-order valence-electron chi connectivity index (χ3n) is 3.45. The second kappa shape index (κ2) is 4.80. The largest absolute Gasteiger partial charge is 0.438 e. The molecule has 0 saturated carbocycles. The van der Waals surface area contributed by atoms with Gasteiger partial charge < -0.3 is 4.74 Å². The highest BCUT2D eigenvalue weighted by molar-refractivity contribution is 7.91. The third-order valence-corrected chi connectivity index (χ3v) is 5.88. The molecule has 0 spiro atoms. The predicted octanol–water partition coefficient (Wildman–Crippen LogP) is 2.86. The van der Waals surface area contributed by atoms with Crippen molar-refractivity contribution >= 4 is 33.1 Å². The van der Waals surface area contributed by atoms with Crippen molar-refractivity contribution in [3.05, 3.63) is 35.2 Å². The Morgan fingerprint density at radius 3 is 2.68 bits per heavy atom. The zero-order valence-corrected chi connectivity index (χ0v) is 13.5. The number of thiophene rings is 1. The fraction of sp³-hybridized carbons (Fsp3) is 0.214. The summed E-state index contributed by atoms with van der Waals surface area (Å²) in [5.41, 5.74) is 1.87. The first-order chi connectivity index (χ1) is 10.2. The molecule has 0 atom stereocenters. The lowest BCUT2D eigenvalue weighted by molar-refractivity contribution is 0.0421. The van der Waals surface area contributed by atoms with Gasteiger partial charge in [-0.05, 0) is 43.0 Å². The zero-order valence-electron chi connectivity index (χ0n) is 11.9. The third kappa shape index (κ3) is 2.49. The number of benzene rings is 1. The minimum atomic E-state index is -3.78. The van der Waals surface area contributed by atoms with Crippen LogP contribution in [0.25, 0.3) is 11.1 Å². The van der Waals surface area contributed by atoms with Gasteiger partial charge in [-0.15, -0.1) is 11.3 Å². The molecule has 3 rings (SSSR count). The molecule has 116 valence electrons. The highest BCUT2D eigenvalue weighted by Gasteiger charge is 2.33. The second-order valence-electron chi connectivity index (χ2n) is 5.45. The number of primary sulfonamides is 1. The number of amides is 1. The monoisotopic (exact) mass is 338 g/mol. The lowest BCUT2D eigenvalue weighted by Crippen LogP contribution is -2.34. The number of carbonyl (C=O) groups is 1. The number of hydrogen-bond donors (Lipinski definition) is 2. The van der Waals surface area contributed by atoms with E-state index in [0.29, 0.717) is 16.8 Å². The Morgan fingerprint density at radius 1 is 1.27 bits per heavy atom. The molecular formula is C14H14N2O4S2. The van der Waals surface area contributed by atoms with E-state index in [4.69, 9.17) is 9.88 Å². The van der Waals surface area contributed by atoms with Gasteiger partial charge in [0.05, 0.1) is 5.69 Å². The number of carbonyl (C=O) groups excluding carboxylic acids is 1. The maximum absolute atomic E-state index is 11.7. The number of rotatable bonds is 2. The van der Waals surface area contributed by atoms with Crippen LogP contribution in [-0.4, -0.2) is 14.5 Å². The van der Waals surface area contributed by atoms with Crippen molar-refractivity contribution in [2.24, 2.45) is 5.14 Å². The fourth-order valence-corrected chi connectivity index (χ4v) is 4.31. The number of cyclic esters (lactones) is 1. The van der Waals surface area contributed by atoms with Gasteiger partial charge in [-0.25, -0.2) is 18.4 Å². The molecule has 22 heavy (non-hydrogen) atoms. The Balaban J connectivity index is 2.17. The summed E-state index contributed by atoms with van der Waals surface area (Å²) < 4.78 is 28.7. The van der Waals surface area contributed by atoms with Gasteiger partial charge in [0.2, 0.25) is 10.0 Å². The van der Waals surface area contributed by atoms with E-state index in [2.05, 4.69) is 5.32 Å². The smallest absolute Gasteiger partial charge is 0.412 e. The summed E-state index contributed by atoms with van der Waals surface area (Å²) in [5.74, 6) is 0. The van der Waals surface area contributed by atoms with Crippen LogP contribution in [0.3, 0.4) is 0 Å². The van der Waals surface area contributed by atoms with Crippen LogP contribution >= 0.6 is 11.3 Å². The van der Waals surface area contributed by atoms with Crippen LogP contribution in [0.2, 0.25) is 0 Å². The Bertz CT molecular complexity index is 869. The molecule has 8 heteroatoms. The van der Waals surface area contributed by atoms with E-state index in [9.17, 15) is 13.2 Å². The van der Waals surface area contributed by atoms with Crippen molar-refractivity contribution in [1.29, 1.82) is 0 Å². The van der Waals surface area contributed by atoms with E-state index >= 15 is 0 Å². The van der Waals surface area contributed by atoms with Gasteiger partial charge in [0, 0.05) is 11.1 Å². The van der Waals surface area contributed by atoms with Crippen molar-refractivity contribution in [2.75, 3.05) is 5.32 Å². The number of hydrogen-bond acceptors (Lipinski definition) is 5. The average Bonchev–Trinajstić information content (AvgIpc) is 2.86. The molecule has 3 N–H and O–H groups in total. The topological polar surface area (TPSA) is 98.5 Å². The number of fused-ring (bicyclic) bond motifs is 1. The standard InChI is InChI=1S/C14H14N2O4S2/c1-14(2)10-7-8(3-4-11(10)16-13(17)20-14)9-5-6-21-12(9)22(15,18)19/h3-7H,1-2H3,(H,16,17)(H2,15,18,19). The molecule has 1 aromatic carbocycles. The van der Waals surface area contributed by atoms with Gasteiger partial charge in [-0.1, -0.05) is 6.07 Å². The van der Waals surface area contributed by atoms with Crippen LogP contribution in [0.1, 0.15) is 19.4 Å². The van der Waals surface area contributed by atoms with Crippen molar-refractivity contribution in [3.63, 3.8) is 0 Å². The van der Waals surface area contributed by atoms with Crippen molar-refractivity contribution in [3.8, 4) is 11.1 Å². The van der Waals surface area contributed by atoms with E-state index in [1.54, 1.807) is 37.4 Å². The van der Waals surface area contributed by atoms with Crippen LogP contribution in [0.15, 0.2) is 33.9 Å². The number of ether oxygens (including phenoxy) is 1. The molecular weight excluding hydrogens is 324 g/mol. The van der Waals surface area contributed by atoms with Crippen molar-refractivity contribution in [2.45, 2.75) is 23.7 Å². The molecule has 1 aliphatic heterocycles. The number of nitrogens with one attached hydrogen (secondary N) is 1. The summed E-state index contributed by atoms with van der Waals surface area (Å²) in [4.78, 5) is 11.5. The van der Waals surface area contributed by atoms with Crippen molar-refractivity contribution in [1.82, 2.24) is 0 Å². The quantitative estimate of drug-likeness (QED) is 0.879. The number of sulfonamides is 1. The van der Waals surface area contributed by atoms with Crippen LogP contribution < -0.4 is 10.5 Å². The van der Waals surface area contributed by atoms with E-state index in [0.717, 1.165) is 16.9 Å². The van der Waals surface area contributed by atoms with Crippen LogP contribution in [0, 0.1) is 0 Å². The van der Waals surface area contributed by atoms with Gasteiger partial charge >= 0.3 is 6.09 Å². The molecule has 0 bridgehead atoms.